The van der Waals surface area contributed by atoms with E-state index in [9.17, 15) is 4.79 Å². The van der Waals surface area contributed by atoms with Crippen LogP contribution in [0.25, 0.3) is 5.69 Å². The van der Waals surface area contributed by atoms with Crippen LogP contribution in [0.5, 0.6) is 0 Å². The highest BCUT2D eigenvalue weighted by Crippen LogP contribution is 2.16. The molecule has 5 nitrogen and oxygen atoms in total. The second-order valence-corrected chi connectivity index (χ2v) is 7.62. The third kappa shape index (κ3) is 4.28. The lowest BCUT2D eigenvalue weighted by molar-refractivity contribution is 0.0628. The summed E-state index contributed by atoms with van der Waals surface area (Å²) in [6.07, 6.45) is 3.64. The Balaban J connectivity index is 1.35. The van der Waals surface area contributed by atoms with Gasteiger partial charge in [0.1, 0.15) is 0 Å². The molecule has 0 bridgehead atoms. The molecular formula is C21H21BrN4O. The van der Waals surface area contributed by atoms with E-state index in [0.29, 0.717) is 0 Å². The van der Waals surface area contributed by atoms with Crippen molar-refractivity contribution in [2.24, 2.45) is 0 Å². The lowest BCUT2D eigenvalue weighted by atomic mass is 10.1. The zero-order valence-electron chi connectivity index (χ0n) is 15.0. The fourth-order valence-corrected chi connectivity index (χ4v) is 3.62. The first-order chi connectivity index (χ1) is 13.2. The maximum Gasteiger partial charge on any atom is 0.253 e. The number of hydrogen-bond acceptors (Lipinski definition) is 3. The molecule has 6 heteroatoms. The summed E-state index contributed by atoms with van der Waals surface area (Å²) in [6, 6.07) is 18.1. The van der Waals surface area contributed by atoms with Crippen molar-refractivity contribution < 1.29 is 4.79 Å². The van der Waals surface area contributed by atoms with Crippen molar-refractivity contribution in [1.82, 2.24) is 19.6 Å². The molecule has 0 saturated carbocycles. The Morgan fingerprint density at radius 3 is 2.30 bits per heavy atom. The number of halogens is 1. The van der Waals surface area contributed by atoms with E-state index in [2.05, 4.69) is 50.2 Å². The smallest absolute Gasteiger partial charge is 0.253 e. The van der Waals surface area contributed by atoms with Gasteiger partial charge >= 0.3 is 0 Å². The summed E-state index contributed by atoms with van der Waals surface area (Å²) in [4.78, 5) is 17.1. The van der Waals surface area contributed by atoms with Gasteiger partial charge in [0.2, 0.25) is 0 Å². The molecule has 1 amide bonds. The number of carbonyl (C=O) groups is 1. The zero-order chi connectivity index (χ0) is 18.6. The highest BCUT2D eigenvalue weighted by atomic mass is 79.9. The maximum atomic E-state index is 12.8. The second-order valence-electron chi connectivity index (χ2n) is 6.70. The first-order valence-electron chi connectivity index (χ1n) is 9.05. The summed E-state index contributed by atoms with van der Waals surface area (Å²) in [6.45, 7) is 4.27. The number of amides is 1. The van der Waals surface area contributed by atoms with Gasteiger partial charge in [0.25, 0.3) is 5.91 Å². The van der Waals surface area contributed by atoms with Crippen LogP contribution < -0.4 is 0 Å². The molecule has 0 spiro atoms. The van der Waals surface area contributed by atoms with E-state index in [1.807, 2.05) is 41.4 Å². The minimum absolute atomic E-state index is 0.0996. The Kier molecular flexibility index (Phi) is 5.36. The van der Waals surface area contributed by atoms with E-state index in [0.717, 1.165) is 48.4 Å². The Bertz CT molecular complexity index is 899. The fourth-order valence-electron chi connectivity index (χ4n) is 3.33. The van der Waals surface area contributed by atoms with Gasteiger partial charge in [-0.05, 0) is 45.8 Å². The quantitative estimate of drug-likeness (QED) is 0.642. The number of hydrogen-bond donors (Lipinski definition) is 0. The molecule has 27 heavy (non-hydrogen) atoms. The summed E-state index contributed by atoms with van der Waals surface area (Å²) in [5.74, 6) is 0.0996. The summed E-state index contributed by atoms with van der Waals surface area (Å²) < 4.78 is 2.71. The molecule has 2 aromatic carbocycles. The summed E-state index contributed by atoms with van der Waals surface area (Å²) in [5, 5.41) is 4.26. The van der Waals surface area contributed by atoms with E-state index < -0.39 is 0 Å². The van der Waals surface area contributed by atoms with Gasteiger partial charge < -0.3 is 4.90 Å². The SMILES string of the molecule is O=C(c1ccc(-n2cc(Br)cn2)cc1)N1CCN(Cc2ccccc2)CC1. The van der Waals surface area contributed by atoms with Crippen LogP contribution in [-0.2, 0) is 6.54 Å². The van der Waals surface area contributed by atoms with Crippen LogP contribution in [0.4, 0.5) is 0 Å². The average Bonchev–Trinajstić information content (AvgIpc) is 3.15. The number of piperazine rings is 1. The van der Waals surface area contributed by atoms with E-state index in [-0.39, 0.29) is 5.91 Å². The van der Waals surface area contributed by atoms with Gasteiger partial charge in [-0.15, -0.1) is 0 Å². The molecule has 1 saturated heterocycles. The van der Waals surface area contributed by atoms with Gasteiger partial charge in [0.15, 0.2) is 0 Å². The molecule has 2 heterocycles. The Hall–Kier alpha value is -2.44. The lowest BCUT2D eigenvalue weighted by Gasteiger charge is -2.34. The highest BCUT2D eigenvalue weighted by molar-refractivity contribution is 9.10. The van der Waals surface area contributed by atoms with Crippen LogP contribution >= 0.6 is 15.9 Å². The zero-order valence-corrected chi connectivity index (χ0v) is 16.5. The van der Waals surface area contributed by atoms with Crippen molar-refractivity contribution in [3.63, 3.8) is 0 Å². The second kappa shape index (κ2) is 8.06. The molecule has 0 aliphatic carbocycles. The topological polar surface area (TPSA) is 41.4 Å². The third-order valence-electron chi connectivity index (χ3n) is 4.84. The highest BCUT2D eigenvalue weighted by Gasteiger charge is 2.22. The monoisotopic (exact) mass is 424 g/mol. The number of nitrogens with zero attached hydrogens (tertiary/aromatic N) is 4. The van der Waals surface area contributed by atoms with Crippen LogP contribution in [0.3, 0.4) is 0 Å². The van der Waals surface area contributed by atoms with Crippen molar-refractivity contribution in [2.45, 2.75) is 6.54 Å². The molecule has 4 rings (SSSR count). The number of benzene rings is 2. The Morgan fingerprint density at radius 2 is 1.67 bits per heavy atom. The predicted molar refractivity (Wildman–Crippen MR) is 109 cm³/mol. The largest absolute Gasteiger partial charge is 0.336 e. The minimum Gasteiger partial charge on any atom is -0.336 e. The minimum atomic E-state index is 0.0996. The number of rotatable bonds is 4. The molecule has 3 aromatic rings. The maximum absolute atomic E-state index is 12.8. The molecule has 1 aliphatic heterocycles. The van der Waals surface area contributed by atoms with E-state index in [4.69, 9.17) is 0 Å². The molecule has 138 valence electrons. The Morgan fingerprint density at radius 1 is 0.963 bits per heavy atom. The van der Waals surface area contributed by atoms with Crippen LogP contribution in [0, 0.1) is 0 Å². The molecule has 0 atom stereocenters. The average molecular weight is 425 g/mol. The fraction of sp³-hybridized carbons (Fsp3) is 0.238. The molecule has 0 unspecified atom stereocenters. The van der Waals surface area contributed by atoms with Crippen molar-refractivity contribution >= 4 is 21.8 Å². The number of aromatic nitrogens is 2. The van der Waals surface area contributed by atoms with Crippen LogP contribution in [-0.4, -0.2) is 51.7 Å². The van der Waals surface area contributed by atoms with Crippen molar-refractivity contribution in [3.8, 4) is 5.69 Å². The summed E-state index contributed by atoms with van der Waals surface area (Å²) in [5.41, 5.74) is 2.98. The standard InChI is InChI=1S/C21H21BrN4O/c22-19-14-23-26(16-19)20-8-6-18(7-9-20)21(27)25-12-10-24(11-13-25)15-17-4-2-1-3-5-17/h1-9,14,16H,10-13,15H2. The van der Waals surface area contributed by atoms with Gasteiger partial charge in [-0.2, -0.15) is 5.10 Å². The predicted octanol–water partition coefficient (Wildman–Crippen LogP) is 3.59. The molecular weight excluding hydrogens is 404 g/mol. The van der Waals surface area contributed by atoms with E-state index in [1.54, 1.807) is 10.9 Å². The van der Waals surface area contributed by atoms with Crippen molar-refractivity contribution in [2.75, 3.05) is 26.2 Å². The molecule has 1 aromatic heterocycles. The first kappa shape index (κ1) is 17.9. The molecule has 1 fully saturated rings. The van der Waals surface area contributed by atoms with Gasteiger partial charge in [-0.25, -0.2) is 4.68 Å². The lowest BCUT2D eigenvalue weighted by Crippen LogP contribution is -2.48. The van der Waals surface area contributed by atoms with Crippen LogP contribution in [0.15, 0.2) is 71.5 Å². The van der Waals surface area contributed by atoms with Gasteiger partial charge in [-0.1, -0.05) is 30.3 Å². The third-order valence-corrected chi connectivity index (χ3v) is 5.25. The number of carbonyl (C=O) groups excluding carboxylic acids is 1. The van der Waals surface area contributed by atoms with Gasteiger partial charge in [0.05, 0.1) is 16.4 Å². The van der Waals surface area contributed by atoms with Gasteiger partial charge in [-0.3, -0.25) is 9.69 Å². The first-order valence-corrected chi connectivity index (χ1v) is 9.84. The molecule has 0 radical (unpaired) electrons. The summed E-state index contributed by atoms with van der Waals surface area (Å²) >= 11 is 3.40. The van der Waals surface area contributed by atoms with E-state index >= 15 is 0 Å². The van der Waals surface area contributed by atoms with Crippen LogP contribution in [0.2, 0.25) is 0 Å². The van der Waals surface area contributed by atoms with Crippen molar-refractivity contribution in [3.05, 3.63) is 82.6 Å². The van der Waals surface area contributed by atoms with Gasteiger partial charge in [0, 0.05) is 44.5 Å². The van der Waals surface area contributed by atoms with E-state index in [1.165, 1.54) is 5.56 Å². The van der Waals surface area contributed by atoms with Crippen LogP contribution in [0.1, 0.15) is 15.9 Å². The summed E-state index contributed by atoms with van der Waals surface area (Å²) in [7, 11) is 0. The molecule has 0 N–H and O–H groups in total. The Labute approximate surface area is 167 Å². The van der Waals surface area contributed by atoms with Crippen molar-refractivity contribution in [1.29, 1.82) is 0 Å². The molecule has 1 aliphatic rings. The normalized spacial score (nSPS) is 15.1.